The number of hydrazone groups is 1. The number of benzene rings is 1. The van der Waals surface area contributed by atoms with Gasteiger partial charge in [-0.05, 0) is 19.4 Å². The number of piperazine rings is 1. The molecule has 0 bridgehead atoms. The van der Waals surface area contributed by atoms with Crippen molar-refractivity contribution in [3.05, 3.63) is 53.1 Å². The van der Waals surface area contributed by atoms with Gasteiger partial charge in [-0.3, -0.25) is 9.91 Å². The highest BCUT2D eigenvalue weighted by Gasteiger charge is 2.15. The molecule has 0 unspecified atom stereocenters. The summed E-state index contributed by atoms with van der Waals surface area (Å²) < 4.78 is 0. The monoisotopic (exact) mass is 297 g/mol. The fourth-order valence-electron chi connectivity index (χ4n) is 2.74. The number of aromatic amines is 1. The summed E-state index contributed by atoms with van der Waals surface area (Å²) in [7, 11) is 0. The first-order chi connectivity index (χ1) is 10.7. The smallest absolute Gasteiger partial charge is 0.104 e. The Kier molecular flexibility index (Phi) is 4.53. The first-order valence-electron chi connectivity index (χ1n) is 7.79. The van der Waals surface area contributed by atoms with Crippen LogP contribution in [-0.2, 0) is 6.54 Å². The van der Waals surface area contributed by atoms with Crippen LogP contribution < -0.4 is 0 Å². The summed E-state index contributed by atoms with van der Waals surface area (Å²) in [6.45, 7) is 9.04. The lowest BCUT2D eigenvalue weighted by molar-refractivity contribution is 0.131. The number of H-pyrrole nitrogens is 1. The molecule has 1 N–H and O–H groups in total. The second kappa shape index (κ2) is 6.75. The molecule has 1 aromatic carbocycles. The number of aromatic nitrogens is 2. The molecular formula is C17H23N5. The maximum Gasteiger partial charge on any atom is 0.104 e. The molecule has 1 fully saturated rings. The quantitative estimate of drug-likeness (QED) is 0.880. The van der Waals surface area contributed by atoms with Crippen LogP contribution in [0.1, 0.15) is 22.8 Å². The molecule has 22 heavy (non-hydrogen) atoms. The Balaban J connectivity index is 1.50. The van der Waals surface area contributed by atoms with Gasteiger partial charge < -0.3 is 4.98 Å². The minimum absolute atomic E-state index is 0.934. The molecule has 0 radical (unpaired) electrons. The van der Waals surface area contributed by atoms with Crippen LogP contribution >= 0.6 is 0 Å². The number of rotatable bonds is 4. The van der Waals surface area contributed by atoms with Gasteiger partial charge in [-0.25, -0.2) is 4.98 Å². The molecule has 0 amide bonds. The maximum atomic E-state index is 4.57. The van der Waals surface area contributed by atoms with E-state index >= 15 is 0 Å². The van der Waals surface area contributed by atoms with Crippen LogP contribution in [0, 0.1) is 13.8 Å². The van der Waals surface area contributed by atoms with Crippen molar-refractivity contribution in [3.63, 3.8) is 0 Å². The van der Waals surface area contributed by atoms with Crippen LogP contribution in [0.4, 0.5) is 0 Å². The number of hydrogen-bond acceptors (Lipinski definition) is 4. The summed E-state index contributed by atoms with van der Waals surface area (Å²) in [5.74, 6) is 0.937. The highest BCUT2D eigenvalue weighted by molar-refractivity contribution is 5.78. The van der Waals surface area contributed by atoms with E-state index in [0.717, 1.165) is 49.9 Å². The zero-order chi connectivity index (χ0) is 15.4. The van der Waals surface area contributed by atoms with Crippen molar-refractivity contribution >= 4 is 6.21 Å². The van der Waals surface area contributed by atoms with E-state index in [1.165, 1.54) is 5.56 Å². The molecule has 5 heteroatoms. The summed E-state index contributed by atoms with van der Waals surface area (Å²) in [6.07, 6.45) is 1.87. The van der Waals surface area contributed by atoms with Crippen molar-refractivity contribution < 1.29 is 0 Å². The predicted molar refractivity (Wildman–Crippen MR) is 88.9 cm³/mol. The molecule has 1 aromatic heterocycles. The van der Waals surface area contributed by atoms with Crippen molar-refractivity contribution in [2.45, 2.75) is 20.4 Å². The SMILES string of the molecule is Cc1nc(C=NN2CCN(Cc3ccccc3)CC2)c(C)[nH]1. The van der Waals surface area contributed by atoms with E-state index in [0.29, 0.717) is 0 Å². The molecule has 3 rings (SSSR count). The Morgan fingerprint density at radius 1 is 1.14 bits per heavy atom. The van der Waals surface area contributed by atoms with Gasteiger partial charge in [0.05, 0.1) is 6.21 Å². The minimum Gasteiger partial charge on any atom is -0.346 e. The minimum atomic E-state index is 0.934. The normalized spacial score (nSPS) is 16.5. The van der Waals surface area contributed by atoms with E-state index in [1.807, 2.05) is 20.1 Å². The van der Waals surface area contributed by atoms with Gasteiger partial charge in [-0.15, -0.1) is 0 Å². The first kappa shape index (κ1) is 14.8. The van der Waals surface area contributed by atoms with Crippen LogP contribution in [0.25, 0.3) is 0 Å². The van der Waals surface area contributed by atoms with Crippen LogP contribution in [0.5, 0.6) is 0 Å². The van der Waals surface area contributed by atoms with Crippen molar-refractivity contribution in [1.29, 1.82) is 0 Å². The molecule has 2 heterocycles. The number of imidazole rings is 1. The predicted octanol–water partition coefficient (Wildman–Crippen LogP) is 2.18. The van der Waals surface area contributed by atoms with Crippen molar-refractivity contribution in [1.82, 2.24) is 19.9 Å². The molecule has 1 aliphatic rings. The van der Waals surface area contributed by atoms with Crippen LogP contribution in [0.3, 0.4) is 0 Å². The second-order valence-corrected chi connectivity index (χ2v) is 5.79. The van der Waals surface area contributed by atoms with E-state index in [2.05, 4.69) is 55.3 Å². The first-order valence-corrected chi connectivity index (χ1v) is 7.79. The molecular weight excluding hydrogens is 274 g/mol. The zero-order valence-corrected chi connectivity index (χ0v) is 13.3. The van der Waals surface area contributed by atoms with Crippen LogP contribution in [0.2, 0.25) is 0 Å². The van der Waals surface area contributed by atoms with Crippen molar-refractivity contribution in [3.8, 4) is 0 Å². The lowest BCUT2D eigenvalue weighted by Gasteiger charge is -2.33. The molecule has 0 saturated carbocycles. The topological polar surface area (TPSA) is 47.5 Å². The largest absolute Gasteiger partial charge is 0.346 e. The molecule has 116 valence electrons. The van der Waals surface area contributed by atoms with Gasteiger partial charge in [0.25, 0.3) is 0 Å². The average Bonchev–Trinajstić information content (AvgIpc) is 2.85. The summed E-state index contributed by atoms with van der Waals surface area (Å²) in [4.78, 5) is 10.1. The fraction of sp³-hybridized carbons (Fsp3) is 0.412. The third kappa shape index (κ3) is 3.74. The lowest BCUT2D eigenvalue weighted by Crippen LogP contribution is -2.43. The van der Waals surface area contributed by atoms with E-state index < -0.39 is 0 Å². The highest BCUT2D eigenvalue weighted by atomic mass is 15.5. The molecule has 2 aromatic rings. The van der Waals surface area contributed by atoms with Gasteiger partial charge in [0.2, 0.25) is 0 Å². The van der Waals surface area contributed by atoms with E-state index in [-0.39, 0.29) is 0 Å². The summed E-state index contributed by atoms with van der Waals surface area (Å²) in [6, 6.07) is 10.6. The maximum absolute atomic E-state index is 4.57. The summed E-state index contributed by atoms with van der Waals surface area (Å²) in [5.41, 5.74) is 3.38. The molecule has 0 spiro atoms. The van der Waals surface area contributed by atoms with Gasteiger partial charge in [-0.1, -0.05) is 30.3 Å². The summed E-state index contributed by atoms with van der Waals surface area (Å²) >= 11 is 0. The van der Waals surface area contributed by atoms with Gasteiger partial charge in [0, 0.05) is 38.4 Å². The van der Waals surface area contributed by atoms with Gasteiger partial charge in [0.1, 0.15) is 11.5 Å². The Morgan fingerprint density at radius 2 is 1.86 bits per heavy atom. The van der Waals surface area contributed by atoms with E-state index in [4.69, 9.17) is 0 Å². The number of hydrogen-bond donors (Lipinski definition) is 1. The standard InChI is InChI=1S/C17H23N5/c1-14-17(20-15(2)19-14)12-18-22-10-8-21(9-11-22)13-16-6-4-3-5-7-16/h3-7,12H,8-11,13H2,1-2H3,(H,19,20). The van der Waals surface area contributed by atoms with E-state index in [1.54, 1.807) is 0 Å². The third-order valence-electron chi connectivity index (χ3n) is 3.98. The zero-order valence-electron chi connectivity index (χ0n) is 13.3. The van der Waals surface area contributed by atoms with Crippen molar-refractivity contribution in [2.24, 2.45) is 5.10 Å². The molecule has 1 saturated heterocycles. The van der Waals surface area contributed by atoms with Gasteiger partial charge in [-0.2, -0.15) is 5.10 Å². The lowest BCUT2D eigenvalue weighted by atomic mass is 10.2. The van der Waals surface area contributed by atoms with Gasteiger partial charge in [0.15, 0.2) is 0 Å². The highest BCUT2D eigenvalue weighted by Crippen LogP contribution is 2.09. The molecule has 1 aliphatic heterocycles. The number of nitrogens with zero attached hydrogens (tertiary/aromatic N) is 4. The third-order valence-corrected chi connectivity index (χ3v) is 3.98. The Hall–Kier alpha value is -2.14. The van der Waals surface area contributed by atoms with Crippen LogP contribution in [-0.4, -0.2) is 52.3 Å². The molecule has 0 atom stereocenters. The second-order valence-electron chi connectivity index (χ2n) is 5.79. The Morgan fingerprint density at radius 3 is 2.50 bits per heavy atom. The van der Waals surface area contributed by atoms with Crippen LogP contribution in [0.15, 0.2) is 35.4 Å². The Bertz CT molecular complexity index is 624. The molecule has 0 aliphatic carbocycles. The van der Waals surface area contributed by atoms with Gasteiger partial charge >= 0.3 is 0 Å². The number of aryl methyl sites for hydroxylation is 2. The Labute approximate surface area is 131 Å². The van der Waals surface area contributed by atoms with E-state index in [9.17, 15) is 0 Å². The fourth-order valence-corrected chi connectivity index (χ4v) is 2.74. The summed E-state index contributed by atoms with van der Waals surface area (Å²) in [5, 5.41) is 6.70. The van der Waals surface area contributed by atoms with Crippen molar-refractivity contribution in [2.75, 3.05) is 26.2 Å². The average molecular weight is 297 g/mol. The number of nitrogens with one attached hydrogen (secondary N) is 1. The molecule has 5 nitrogen and oxygen atoms in total.